The minimum atomic E-state index is -0.299. The molecule has 0 saturated heterocycles. The topological polar surface area (TPSA) is 26.3 Å². The first-order chi connectivity index (χ1) is 9.13. The van der Waals surface area contributed by atoms with Crippen LogP contribution in [-0.4, -0.2) is 5.97 Å². The Morgan fingerprint density at radius 1 is 1.05 bits per heavy atom. The van der Waals surface area contributed by atoms with E-state index in [1.807, 2.05) is 12.1 Å². The molecule has 0 amide bonds. The van der Waals surface area contributed by atoms with E-state index in [1.54, 1.807) is 24.3 Å². The summed E-state index contributed by atoms with van der Waals surface area (Å²) in [4.78, 5) is 11.6. The van der Waals surface area contributed by atoms with Gasteiger partial charge in [0.2, 0.25) is 0 Å². The Kier molecular flexibility index (Phi) is 4.68. The van der Waals surface area contributed by atoms with Gasteiger partial charge in [0, 0.05) is 10.9 Å². The fourth-order valence-electron chi connectivity index (χ4n) is 1.58. The van der Waals surface area contributed by atoms with E-state index >= 15 is 0 Å². The van der Waals surface area contributed by atoms with E-state index in [2.05, 4.69) is 15.9 Å². The molecule has 2 nitrogen and oxygen atoms in total. The molecule has 0 aliphatic carbocycles. The lowest BCUT2D eigenvalue weighted by Gasteiger charge is -2.04. The molecule has 0 radical (unpaired) electrons. The molecule has 0 bridgehead atoms. The minimum Gasteiger partial charge on any atom is -0.427 e. The molecule has 0 unspecified atom stereocenters. The van der Waals surface area contributed by atoms with Gasteiger partial charge in [-0.3, -0.25) is 4.79 Å². The number of carbonyl (C=O) groups excluding carboxylic acids is 1. The van der Waals surface area contributed by atoms with Crippen molar-refractivity contribution in [1.82, 2.24) is 0 Å². The number of benzene rings is 2. The predicted octanol–water partition coefficient (Wildman–Crippen LogP) is 4.13. The molecule has 0 N–H and O–H groups in total. The number of hydrogen-bond acceptors (Lipinski definition) is 2. The van der Waals surface area contributed by atoms with Crippen molar-refractivity contribution in [1.29, 1.82) is 0 Å². The highest BCUT2D eigenvalue weighted by Crippen LogP contribution is 2.17. The van der Waals surface area contributed by atoms with Crippen molar-refractivity contribution in [3.63, 3.8) is 0 Å². The van der Waals surface area contributed by atoms with Crippen molar-refractivity contribution >= 4 is 21.9 Å². The van der Waals surface area contributed by atoms with Gasteiger partial charge in [0.15, 0.2) is 0 Å². The maximum Gasteiger partial charge on any atom is 0.311 e. The van der Waals surface area contributed by atoms with Crippen molar-refractivity contribution in [3.05, 3.63) is 64.4 Å². The number of halogens is 2. The van der Waals surface area contributed by atoms with Gasteiger partial charge in [-0.2, -0.15) is 0 Å². The Morgan fingerprint density at radius 3 is 2.32 bits per heavy atom. The summed E-state index contributed by atoms with van der Waals surface area (Å²) in [5, 5.41) is 0. The van der Waals surface area contributed by atoms with Crippen LogP contribution in [0.4, 0.5) is 4.39 Å². The number of ether oxygens (including phenoxy) is 1. The number of hydrogen-bond donors (Lipinski definition) is 0. The molecule has 0 aliphatic rings. The first kappa shape index (κ1) is 13.7. The van der Waals surface area contributed by atoms with Crippen LogP contribution in [0.2, 0.25) is 0 Å². The number of carbonyl (C=O) groups is 1. The summed E-state index contributed by atoms with van der Waals surface area (Å²) in [7, 11) is 0. The summed E-state index contributed by atoms with van der Waals surface area (Å²) < 4.78 is 18.8. The molecule has 0 heterocycles. The van der Waals surface area contributed by atoms with Crippen LogP contribution in [0.15, 0.2) is 53.0 Å². The molecule has 0 aromatic heterocycles. The number of rotatable bonds is 4. The molecule has 0 aliphatic heterocycles. The summed E-state index contributed by atoms with van der Waals surface area (Å²) in [5.74, 6) is -0.0554. The Labute approximate surface area is 119 Å². The van der Waals surface area contributed by atoms with Crippen LogP contribution in [0.1, 0.15) is 12.0 Å². The monoisotopic (exact) mass is 322 g/mol. The normalized spacial score (nSPS) is 10.2. The lowest BCUT2D eigenvalue weighted by atomic mass is 10.1. The third kappa shape index (κ3) is 4.48. The second-order valence-electron chi connectivity index (χ2n) is 4.05. The van der Waals surface area contributed by atoms with Gasteiger partial charge in [0.05, 0.1) is 0 Å². The lowest BCUT2D eigenvalue weighted by Crippen LogP contribution is -2.08. The van der Waals surface area contributed by atoms with E-state index in [-0.39, 0.29) is 18.2 Å². The molecule has 19 heavy (non-hydrogen) atoms. The van der Waals surface area contributed by atoms with Crippen molar-refractivity contribution in [2.24, 2.45) is 0 Å². The average Bonchev–Trinajstić information content (AvgIpc) is 2.41. The summed E-state index contributed by atoms with van der Waals surface area (Å²) in [6, 6.07) is 13.2. The SMILES string of the molecule is O=C(CCc1ccc(F)cc1)Oc1ccc(Br)cc1. The number of esters is 1. The van der Waals surface area contributed by atoms with E-state index < -0.39 is 0 Å². The van der Waals surface area contributed by atoms with Crippen molar-refractivity contribution in [3.8, 4) is 5.75 Å². The van der Waals surface area contributed by atoms with Crippen molar-refractivity contribution in [2.75, 3.05) is 0 Å². The Bertz CT molecular complexity index is 549. The van der Waals surface area contributed by atoms with Gasteiger partial charge in [-0.15, -0.1) is 0 Å². The summed E-state index contributed by atoms with van der Waals surface area (Å²) >= 11 is 3.31. The van der Waals surface area contributed by atoms with Gasteiger partial charge < -0.3 is 4.74 Å². The van der Waals surface area contributed by atoms with Gasteiger partial charge in [0.1, 0.15) is 11.6 Å². The first-order valence-electron chi connectivity index (χ1n) is 5.84. The van der Waals surface area contributed by atoms with Crippen LogP contribution < -0.4 is 4.74 Å². The van der Waals surface area contributed by atoms with Gasteiger partial charge in [-0.05, 0) is 48.4 Å². The molecule has 0 spiro atoms. The highest BCUT2D eigenvalue weighted by atomic mass is 79.9. The predicted molar refractivity (Wildman–Crippen MR) is 74.5 cm³/mol. The zero-order valence-electron chi connectivity index (χ0n) is 10.1. The van der Waals surface area contributed by atoms with E-state index in [9.17, 15) is 9.18 Å². The molecule has 2 rings (SSSR count). The van der Waals surface area contributed by atoms with Crippen LogP contribution in [-0.2, 0) is 11.2 Å². The van der Waals surface area contributed by atoms with Crippen LogP contribution >= 0.6 is 15.9 Å². The molecule has 2 aromatic rings. The highest BCUT2D eigenvalue weighted by molar-refractivity contribution is 9.10. The Morgan fingerprint density at radius 2 is 1.68 bits per heavy atom. The zero-order chi connectivity index (χ0) is 13.7. The lowest BCUT2D eigenvalue weighted by molar-refractivity contribution is -0.134. The molecule has 98 valence electrons. The van der Waals surface area contributed by atoms with Crippen molar-refractivity contribution < 1.29 is 13.9 Å². The fraction of sp³-hybridized carbons (Fsp3) is 0.133. The molecule has 0 fully saturated rings. The molecule has 4 heteroatoms. The van der Waals surface area contributed by atoms with E-state index in [0.717, 1.165) is 10.0 Å². The van der Waals surface area contributed by atoms with Crippen LogP contribution in [0.5, 0.6) is 5.75 Å². The summed E-state index contributed by atoms with van der Waals surface area (Å²) in [6.45, 7) is 0. The number of aryl methyl sites for hydroxylation is 1. The average molecular weight is 323 g/mol. The molecular weight excluding hydrogens is 311 g/mol. The van der Waals surface area contributed by atoms with Gasteiger partial charge in [-0.25, -0.2) is 4.39 Å². The maximum absolute atomic E-state index is 12.7. The van der Waals surface area contributed by atoms with Crippen LogP contribution in [0.3, 0.4) is 0 Å². The van der Waals surface area contributed by atoms with Crippen LogP contribution in [0.25, 0.3) is 0 Å². The Hall–Kier alpha value is -1.68. The maximum atomic E-state index is 12.7. The largest absolute Gasteiger partial charge is 0.427 e. The Balaban J connectivity index is 1.84. The van der Waals surface area contributed by atoms with Crippen LogP contribution in [0, 0.1) is 5.82 Å². The fourth-order valence-corrected chi connectivity index (χ4v) is 1.85. The second kappa shape index (κ2) is 6.48. The zero-order valence-corrected chi connectivity index (χ0v) is 11.7. The molecular formula is C15H12BrFO2. The van der Waals surface area contributed by atoms with E-state index in [0.29, 0.717) is 12.2 Å². The van der Waals surface area contributed by atoms with Gasteiger partial charge in [-0.1, -0.05) is 28.1 Å². The second-order valence-corrected chi connectivity index (χ2v) is 4.97. The quantitative estimate of drug-likeness (QED) is 0.625. The standard InChI is InChI=1S/C15H12BrFO2/c16-12-4-8-14(9-5-12)19-15(18)10-3-11-1-6-13(17)7-2-11/h1-2,4-9H,3,10H2. The molecule has 2 aromatic carbocycles. The van der Waals surface area contributed by atoms with E-state index in [1.165, 1.54) is 12.1 Å². The third-order valence-corrected chi connectivity index (χ3v) is 3.11. The third-order valence-electron chi connectivity index (χ3n) is 2.58. The molecule has 0 atom stereocenters. The van der Waals surface area contributed by atoms with Gasteiger partial charge in [0.25, 0.3) is 0 Å². The smallest absolute Gasteiger partial charge is 0.311 e. The summed E-state index contributed by atoms with van der Waals surface area (Å²) in [5.41, 5.74) is 0.911. The van der Waals surface area contributed by atoms with E-state index in [4.69, 9.17) is 4.74 Å². The van der Waals surface area contributed by atoms with Crippen molar-refractivity contribution in [2.45, 2.75) is 12.8 Å². The highest BCUT2D eigenvalue weighted by Gasteiger charge is 2.05. The van der Waals surface area contributed by atoms with Gasteiger partial charge >= 0.3 is 5.97 Å². The minimum absolute atomic E-state index is 0.266. The first-order valence-corrected chi connectivity index (χ1v) is 6.63. The summed E-state index contributed by atoms with van der Waals surface area (Å²) in [6.07, 6.45) is 0.803. The molecule has 0 saturated carbocycles.